The van der Waals surface area contributed by atoms with E-state index in [0.717, 1.165) is 17.7 Å². The summed E-state index contributed by atoms with van der Waals surface area (Å²) in [4.78, 5) is 41.1. The van der Waals surface area contributed by atoms with E-state index in [1.807, 2.05) is 44.2 Å². The van der Waals surface area contributed by atoms with Crippen molar-refractivity contribution in [2.24, 2.45) is 11.7 Å². The van der Waals surface area contributed by atoms with E-state index in [0.29, 0.717) is 23.3 Å². The van der Waals surface area contributed by atoms with Crippen molar-refractivity contribution >= 4 is 52.2 Å². The highest BCUT2D eigenvalue weighted by atomic mass is 35.5. The van der Waals surface area contributed by atoms with Crippen LogP contribution in [-0.4, -0.2) is 50.2 Å². The molecule has 45 heavy (non-hydrogen) atoms. The molecule has 0 spiro atoms. The summed E-state index contributed by atoms with van der Waals surface area (Å²) in [5.41, 5.74) is 7.26. The lowest BCUT2D eigenvalue weighted by atomic mass is 9.96. The van der Waals surface area contributed by atoms with Gasteiger partial charge >= 0.3 is 17.8 Å². The molecule has 15 heteroatoms. The summed E-state index contributed by atoms with van der Waals surface area (Å²) in [5, 5.41) is 3.63. The Morgan fingerprint density at radius 3 is 2.31 bits per heavy atom. The number of rotatable bonds is 10. The molecule has 0 aliphatic rings. The molecule has 0 aliphatic heterocycles. The minimum absolute atomic E-state index is 0.119. The third-order valence-corrected chi connectivity index (χ3v) is 8.39. The van der Waals surface area contributed by atoms with Gasteiger partial charge in [0.2, 0.25) is 0 Å². The first-order valence-corrected chi connectivity index (χ1v) is 14.9. The average molecular weight is 687 g/mol. The van der Waals surface area contributed by atoms with Crippen molar-refractivity contribution < 1.29 is 27.5 Å². The fraction of sp³-hybridized carbons (Fsp3) is 0.333. The van der Waals surface area contributed by atoms with Gasteiger partial charge in [0.1, 0.15) is 5.02 Å². The summed E-state index contributed by atoms with van der Waals surface area (Å²) in [6.07, 6.45) is -4.92. The Morgan fingerprint density at radius 2 is 1.71 bits per heavy atom. The minimum atomic E-state index is -5.28. The number of alkyl halides is 3. The third kappa shape index (κ3) is 7.14. The largest absolute Gasteiger partial charge is 0.491 e. The first kappa shape index (κ1) is 34.3. The summed E-state index contributed by atoms with van der Waals surface area (Å²) < 4.78 is 45.5. The maximum atomic E-state index is 14.2. The lowest BCUT2D eigenvalue weighted by molar-refractivity contribution is -0.189. The fourth-order valence-corrected chi connectivity index (χ4v) is 5.60. The fourth-order valence-electron chi connectivity index (χ4n) is 4.99. The van der Waals surface area contributed by atoms with Crippen LogP contribution in [0.4, 0.5) is 13.2 Å². The summed E-state index contributed by atoms with van der Waals surface area (Å²) in [5.74, 6) is -4.09. The predicted octanol–water partition coefficient (Wildman–Crippen LogP) is 6.47. The molecule has 0 radical (unpaired) electrons. The van der Waals surface area contributed by atoms with Gasteiger partial charge in [0, 0.05) is 12.2 Å². The number of ether oxygens (including phenoxy) is 1. The second-order valence-electron chi connectivity index (χ2n) is 10.6. The zero-order valence-electron chi connectivity index (χ0n) is 24.4. The number of nitrogens with zero attached hydrogens (tertiary/aromatic N) is 4. The standard InChI is InChI=1S/C30H29Cl3F3N5O4/c1-16(2)26(21-14-20-23(31)17(3)38-41(20)29(44)40(21)15-18-8-5-4-6-9-18)39(13-7-12-37)27(42)19-10-11-22(25(33)24(19)32)45-28(43)30(34,35)36/h4-6,8-11,14,16,26H,7,12-13,15,37H2,1-3H3. The molecule has 0 bridgehead atoms. The molecule has 0 saturated carbocycles. The third-order valence-electron chi connectivity index (χ3n) is 7.06. The number of fused-ring (bicyclic) bond motifs is 1. The van der Waals surface area contributed by atoms with Crippen LogP contribution in [0.1, 0.15) is 53.6 Å². The lowest BCUT2D eigenvalue weighted by Gasteiger charge is -2.36. The quantitative estimate of drug-likeness (QED) is 0.151. The second-order valence-corrected chi connectivity index (χ2v) is 11.7. The zero-order valence-corrected chi connectivity index (χ0v) is 26.6. The summed E-state index contributed by atoms with van der Waals surface area (Å²) in [6, 6.07) is 12.3. The Morgan fingerprint density at radius 1 is 1.04 bits per heavy atom. The average Bonchev–Trinajstić information content (AvgIpc) is 3.27. The Balaban J connectivity index is 1.89. The molecule has 0 saturated heterocycles. The molecule has 1 atom stereocenters. The van der Waals surface area contributed by atoms with E-state index in [1.165, 1.54) is 14.0 Å². The van der Waals surface area contributed by atoms with Crippen LogP contribution in [0.25, 0.3) is 5.52 Å². The van der Waals surface area contributed by atoms with Gasteiger partial charge in [-0.25, -0.2) is 9.59 Å². The number of esters is 1. The van der Waals surface area contributed by atoms with Gasteiger partial charge in [-0.15, -0.1) is 0 Å². The van der Waals surface area contributed by atoms with Crippen LogP contribution in [0, 0.1) is 12.8 Å². The van der Waals surface area contributed by atoms with Crippen molar-refractivity contribution in [1.82, 2.24) is 19.1 Å². The molecule has 4 rings (SSSR count). The summed E-state index contributed by atoms with van der Waals surface area (Å²) in [6.45, 7) is 5.90. The molecule has 4 aromatic rings. The highest BCUT2D eigenvalue weighted by Gasteiger charge is 2.42. The molecule has 0 fully saturated rings. The Bertz CT molecular complexity index is 1790. The van der Waals surface area contributed by atoms with Gasteiger partial charge in [-0.3, -0.25) is 9.36 Å². The Hall–Kier alpha value is -3.58. The normalized spacial score (nSPS) is 12.5. The van der Waals surface area contributed by atoms with Gasteiger partial charge in [-0.05, 0) is 49.6 Å². The van der Waals surface area contributed by atoms with Gasteiger partial charge in [0.15, 0.2) is 5.75 Å². The molecule has 2 aromatic carbocycles. The molecule has 240 valence electrons. The van der Waals surface area contributed by atoms with E-state index >= 15 is 0 Å². The van der Waals surface area contributed by atoms with E-state index in [-0.39, 0.29) is 36.1 Å². The molecular weight excluding hydrogens is 658 g/mol. The topological polar surface area (TPSA) is 112 Å². The summed E-state index contributed by atoms with van der Waals surface area (Å²) in [7, 11) is 0. The van der Waals surface area contributed by atoms with E-state index < -0.39 is 45.6 Å². The maximum absolute atomic E-state index is 14.2. The number of carbonyl (C=O) groups excluding carboxylic acids is 2. The van der Waals surface area contributed by atoms with Crippen LogP contribution in [0.15, 0.2) is 53.3 Å². The Kier molecular flexibility index (Phi) is 10.5. The van der Waals surface area contributed by atoms with Crippen molar-refractivity contribution in [3.8, 4) is 5.75 Å². The van der Waals surface area contributed by atoms with Crippen LogP contribution in [0.2, 0.25) is 15.1 Å². The zero-order chi connectivity index (χ0) is 33.2. The monoisotopic (exact) mass is 685 g/mol. The smallest absolute Gasteiger partial charge is 0.418 e. The Labute approximate surface area is 271 Å². The van der Waals surface area contributed by atoms with Crippen LogP contribution in [-0.2, 0) is 11.3 Å². The van der Waals surface area contributed by atoms with Crippen molar-refractivity contribution in [2.45, 2.75) is 46.0 Å². The molecule has 2 heterocycles. The molecule has 9 nitrogen and oxygen atoms in total. The minimum Gasteiger partial charge on any atom is -0.418 e. The molecular formula is C30H29Cl3F3N5O4. The van der Waals surface area contributed by atoms with Crippen LogP contribution in [0.3, 0.4) is 0 Å². The number of nitrogens with two attached hydrogens (primary N) is 1. The summed E-state index contributed by atoms with van der Waals surface area (Å²) >= 11 is 19.1. The molecule has 0 aliphatic carbocycles. The number of aryl methyl sites for hydroxylation is 1. The van der Waals surface area contributed by atoms with Crippen molar-refractivity contribution in [3.63, 3.8) is 0 Å². The van der Waals surface area contributed by atoms with E-state index in [4.69, 9.17) is 40.5 Å². The molecule has 1 unspecified atom stereocenters. The maximum Gasteiger partial charge on any atom is 0.491 e. The van der Waals surface area contributed by atoms with E-state index in [9.17, 15) is 27.6 Å². The van der Waals surface area contributed by atoms with Crippen LogP contribution < -0.4 is 16.2 Å². The molecule has 1 amide bonds. The van der Waals surface area contributed by atoms with Crippen molar-refractivity contribution in [2.75, 3.05) is 13.1 Å². The highest BCUT2D eigenvalue weighted by molar-refractivity contribution is 6.44. The van der Waals surface area contributed by atoms with E-state index in [1.54, 1.807) is 13.0 Å². The van der Waals surface area contributed by atoms with Crippen LogP contribution in [0.5, 0.6) is 5.75 Å². The first-order chi connectivity index (χ1) is 21.2. The molecule has 2 N–H and O–H groups in total. The predicted molar refractivity (Wildman–Crippen MR) is 165 cm³/mol. The van der Waals surface area contributed by atoms with Crippen LogP contribution >= 0.6 is 34.8 Å². The number of carbonyl (C=O) groups is 2. The van der Waals surface area contributed by atoms with Crippen molar-refractivity contribution in [1.29, 1.82) is 0 Å². The van der Waals surface area contributed by atoms with Gasteiger partial charge < -0.3 is 15.4 Å². The van der Waals surface area contributed by atoms with Gasteiger partial charge in [0.25, 0.3) is 5.91 Å². The highest BCUT2D eigenvalue weighted by Crippen LogP contribution is 2.39. The molecule has 2 aromatic heterocycles. The van der Waals surface area contributed by atoms with Gasteiger partial charge in [-0.2, -0.15) is 22.8 Å². The van der Waals surface area contributed by atoms with Gasteiger partial charge in [-0.1, -0.05) is 79.0 Å². The van der Waals surface area contributed by atoms with Crippen molar-refractivity contribution in [3.05, 3.63) is 96.6 Å². The number of hydrogen-bond donors (Lipinski definition) is 1. The number of benzene rings is 2. The van der Waals surface area contributed by atoms with Gasteiger partial charge in [0.05, 0.1) is 39.4 Å². The second kappa shape index (κ2) is 13.8. The number of hydrogen-bond acceptors (Lipinski definition) is 6. The number of aromatic nitrogens is 3. The first-order valence-electron chi connectivity index (χ1n) is 13.8. The lowest BCUT2D eigenvalue weighted by Crippen LogP contribution is -2.42. The number of halogens is 6. The van der Waals surface area contributed by atoms with E-state index in [2.05, 4.69) is 9.84 Å². The SMILES string of the molecule is Cc1nn2c(=O)n(Cc3ccccc3)c(C(C(C)C)N(CCCN)C(=O)c3ccc(OC(=O)C(F)(F)F)c(Cl)c3Cl)cc2c1Cl. The number of amides is 1.